The van der Waals surface area contributed by atoms with Gasteiger partial charge in [0.15, 0.2) is 0 Å². The molecule has 0 unspecified atom stereocenters. The number of nitrogens with zero attached hydrogens (tertiary/aromatic N) is 4. The summed E-state index contributed by atoms with van der Waals surface area (Å²) in [6.07, 6.45) is 0. The zero-order chi connectivity index (χ0) is 16.9. The van der Waals surface area contributed by atoms with E-state index in [1.54, 1.807) is 6.92 Å². The predicted octanol–water partition coefficient (Wildman–Crippen LogP) is 1.09. The van der Waals surface area contributed by atoms with Crippen molar-refractivity contribution in [3.8, 4) is 0 Å². The molecule has 2 aliphatic rings. The van der Waals surface area contributed by atoms with Crippen molar-refractivity contribution >= 4 is 11.9 Å². The number of amides is 3. The van der Waals surface area contributed by atoms with Crippen LogP contribution in [0, 0.1) is 0 Å². The van der Waals surface area contributed by atoms with Crippen LogP contribution in [0.5, 0.6) is 0 Å². The first-order chi connectivity index (χ1) is 11.6. The Labute approximate surface area is 143 Å². The van der Waals surface area contributed by atoms with Crippen LogP contribution in [-0.4, -0.2) is 83.9 Å². The summed E-state index contributed by atoms with van der Waals surface area (Å²) in [7, 11) is 0. The Morgan fingerprint density at radius 1 is 0.792 bits per heavy atom. The molecule has 0 saturated carbocycles. The van der Waals surface area contributed by atoms with Gasteiger partial charge < -0.3 is 14.7 Å². The van der Waals surface area contributed by atoms with Gasteiger partial charge in [-0.2, -0.15) is 0 Å². The fraction of sp³-hybridized carbons (Fsp3) is 0.556. The Bertz CT molecular complexity index is 562. The number of rotatable bonds is 2. The zero-order valence-corrected chi connectivity index (χ0v) is 14.4. The van der Waals surface area contributed by atoms with E-state index < -0.39 is 0 Å². The topological polar surface area (TPSA) is 47.1 Å². The van der Waals surface area contributed by atoms with E-state index in [1.807, 2.05) is 20.8 Å². The van der Waals surface area contributed by atoms with E-state index in [-0.39, 0.29) is 11.9 Å². The first-order valence-electron chi connectivity index (χ1n) is 8.69. The van der Waals surface area contributed by atoms with Crippen molar-refractivity contribution in [1.29, 1.82) is 0 Å². The molecule has 3 amide bonds. The van der Waals surface area contributed by atoms with Gasteiger partial charge in [0, 0.05) is 65.8 Å². The number of carbonyl (C=O) groups is 2. The number of hydrogen-bond acceptors (Lipinski definition) is 3. The number of urea groups is 1. The van der Waals surface area contributed by atoms with Gasteiger partial charge in [-0.1, -0.05) is 30.3 Å². The van der Waals surface area contributed by atoms with E-state index in [4.69, 9.17) is 0 Å². The number of carbonyl (C=O) groups excluding carboxylic acids is 2. The first-order valence-corrected chi connectivity index (χ1v) is 8.69. The average molecular weight is 330 g/mol. The molecule has 0 radical (unpaired) electrons. The molecule has 0 aliphatic carbocycles. The summed E-state index contributed by atoms with van der Waals surface area (Å²) in [4.78, 5) is 32.0. The fourth-order valence-electron chi connectivity index (χ4n) is 3.35. The first kappa shape index (κ1) is 16.8. The molecule has 2 heterocycles. The molecule has 0 spiro atoms. The average Bonchev–Trinajstić information content (AvgIpc) is 2.63. The molecule has 2 fully saturated rings. The third-order valence-corrected chi connectivity index (χ3v) is 4.89. The third kappa shape index (κ3) is 4.06. The van der Waals surface area contributed by atoms with Gasteiger partial charge in [0.25, 0.3) is 0 Å². The van der Waals surface area contributed by atoms with E-state index in [1.165, 1.54) is 5.56 Å². The van der Waals surface area contributed by atoms with E-state index in [2.05, 4.69) is 29.2 Å². The van der Waals surface area contributed by atoms with Gasteiger partial charge in [0.2, 0.25) is 5.91 Å². The molecule has 6 nitrogen and oxygen atoms in total. The maximum Gasteiger partial charge on any atom is 0.320 e. The van der Waals surface area contributed by atoms with Gasteiger partial charge in [-0.05, 0) is 5.56 Å². The van der Waals surface area contributed by atoms with Crippen LogP contribution in [0.2, 0.25) is 0 Å². The highest BCUT2D eigenvalue weighted by Crippen LogP contribution is 2.11. The molecule has 2 saturated heterocycles. The zero-order valence-electron chi connectivity index (χ0n) is 14.4. The molecule has 0 N–H and O–H groups in total. The number of benzene rings is 1. The summed E-state index contributed by atoms with van der Waals surface area (Å²) in [5.41, 5.74) is 1.32. The lowest BCUT2D eigenvalue weighted by Crippen LogP contribution is -2.57. The SMILES string of the molecule is CC(=O)N1CCN(C(=O)N2CCN(Cc3ccccc3)CC2)CC1. The van der Waals surface area contributed by atoms with Gasteiger partial charge in [0.1, 0.15) is 0 Å². The minimum atomic E-state index is 0.0941. The summed E-state index contributed by atoms with van der Waals surface area (Å²) in [6, 6.07) is 10.6. The van der Waals surface area contributed by atoms with Crippen molar-refractivity contribution in [2.24, 2.45) is 0 Å². The highest BCUT2D eigenvalue weighted by Gasteiger charge is 2.28. The highest BCUT2D eigenvalue weighted by atomic mass is 16.2. The molecule has 3 rings (SSSR count). The number of hydrogen-bond donors (Lipinski definition) is 0. The fourth-order valence-corrected chi connectivity index (χ4v) is 3.35. The molecule has 0 aromatic heterocycles. The smallest absolute Gasteiger partial charge is 0.320 e. The second-order valence-electron chi connectivity index (χ2n) is 6.52. The van der Waals surface area contributed by atoms with Crippen molar-refractivity contribution < 1.29 is 9.59 Å². The van der Waals surface area contributed by atoms with Gasteiger partial charge in [-0.3, -0.25) is 9.69 Å². The lowest BCUT2D eigenvalue weighted by molar-refractivity contribution is -0.130. The Morgan fingerprint density at radius 2 is 1.29 bits per heavy atom. The minimum Gasteiger partial charge on any atom is -0.339 e. The summed E-state index contributed by atoms with van der Waals surface area (Å²) in [6.45, 7) is 8.48. The molecule has 0 atom stereocenters. The molecular formula is C18H26N4O2. The van der Waals surface area contributed by atoms with Crippen molar-refractivity contribution in [2.75, 3.05) is 52.4 Å². The normalized spacial score (nSPS) is 19.5. The molecule has 2 aliphatic heterocycles. The van der Waals surface area contributed by atoms with Gasteiger partial charge >= 0.3 is 6.03 Å². The third-order valence-electron chi connectivity index (χ3n) is 4.89. The predicted molar refractivity (Wildman–Crippen MR) is 92.5 cm³/mol. The van der Waals surface area contributed by atoms with Crippen molar-refractivity contribution in [3.63, 3.8) is 0 Å². The van der Waals surface area contributed by atoms with Crippen LogP contribution in [0.25, 0.3) is 0 Å². The van der Waals surface area contributed by atoms with Crippen LogP contribution in [0.3, 0.4) is 0 Å². The summed E-state index contributed by atoms with van der Waals surface area (Å²) < 4.78 is 0. The van der Waals surface area contributed by atoms with Crippen molar-refractivity contribution in [1.82, 2.24) is 19.6 Å². The molecule has 1 aromatic carbocycles. The Kier molecular flexibility index (Phi) is 5.35. The summed E-state index contributed by atoms with van der Waals surface area (Å²) in [5, 5.41) is 0. The molecule has 6 heteroatoms. The van der Waals surface area contributed by atoms with E-state index >= 15 is 0 Å². The monoisotopic (exact) mass is 330 g/mol. The molecular weight excluding hydrogens is 304 g/mol. The lowest BCUT2D eigenvalue weighted by atomic mass is 10.2. The van der Waals surface area contributed by atoms with Gasteiger partial charge in [0.05, 0.1) is 0 Å². The van der Waals surface area contributed by atoms with Crippen LogP contribution < -0.4 is 0 Å². The second kappa shape index (κ2) is 7.66. The van der Waals surface area contributed by atoms with Crippen LogP contribution in [0.1, 0.15) is 12.5 Å². The van der Waals surface area contributed by atoms with Crippen LogP contribution in [0.15, 0.2) is 30.3 Å². The van der Waals surface area contributed by atoms with Gasteiger partial charge in [-0.25, -0.2) is 4.79 Å². The largest absolute Gasteiger partial charge is 0.339 e. The second-order valence-corrected chi connectivity index (χ2v) is 6.52. The Hall–Kier alpha value is -2.08. The van der Waals surface area contributed by atoms with Crippen LogP contribution >= 0.6 is 0 Å². The summed E-state index contributed by atoms with van der Waals surface area (Å²) >= 11 is 0. The van der Waals surface area contributed by atoms with Crippen LogP contribution in [0.4, 0.5) is 4.79 Å². The minimum absolute atomic E-state index is 0.0941. The van der Waals surface area contributed by atoms with Crippen molar-refractivity contribution in [2.45, 2.75) is 13.5 Å². The standard InChI is InChI=1S/C18H26N4O2/c1-16(23)20-11-13-22(14-12-20)18(24)21-9-7-19(8-10-21)15-17-5-3-2-4-6-17/h2-6H,7-15H2,1H3. The molecule has 0 bridgehead atoms. The molecule has 24 heavy (non-hydrogen) atoms. The Morgan fingerprint density at radius 3 is 1.83 bits per heavy atom. The Balaban J connectivity index is 1.45. The van der Waals surface area contributed by atoms with Crippen LogP contribution in [-0.2, 0) is 11.3 Å². The van der Waals surface area contributed by atoms with E-state index in [0.29, 0.717) is 26.2 Å². The van der Waals surface area contributed by atoms with Gasteiger partial charge in [-0.15, -0.1) is 0 Å². The lowest BCUT2D eigenvalue weighted by Gasteiger charge is -2.40. The molecule has 1 aromatic rings. The quantitative estimate of drug-likeness (QED) is 0.815. The highest BCUT2D eigenvalue weighted by molar-refractivity contribution is 5.76. The maximum atomic E-state index is 12.6. The van der Waals surface area contributed by atoms with E-state index in [0.717, 1.165) is 32.7 Å². The van der Waals surface area contributed by atoms with E-state index in [9.17, 15) is 9.59 Å². The summed E-state index contributed by atoms with van der Waals surface area (Å²) in [5.74, 6) is 0.0941. The van der Waals surface area contributed by atoms with Crippen molar-refractivity contribution in [3.05, 3.63) is 35.9 Å². The number of piperazine rings is 2. The maximum absolute atomic E-state index is 12.6. The molecule has 130 valence electrons.